The van der Waals surface area contributed by atoms with Gasteiger partial charge in [0.05, 0.1) is 7.11 Å². The van der Waals surface area contributed by atoms with E-state index in [1.165, 1.54) is 10.8 Å². The molecule has 0 spiro atoms. The third-order valence-corrected chi connectivity index (χ3v) is 2.37. The number of benzene rings is 2. The summed E-state index contributed by atoms with van der Waals surface area (Å²) in [6, 6.07) is 12.3. The first-order chi connectivity index (χ1) is 6.85. The molecule has 0 heterocycles. The van der Waals surface area contributed by atoms with E-state index in [4.69, 9.17) is 10.5 Å². The third kappa shape index (κ3) is 1.44. The van der Waals surface area contributed by atoms with E-state index in [1.807, 2.05) is 18.2 Å². The highest BCUT2D eigenvalue weighted by atomic mass is 16.5. The highest BCUT2D eigenvalue weighted by molar-refractivity contribution is 5.84. The van der Waals surface area contributed by atoms with E-state index in [0.717, 1.165) is 11.3 Å². The van der Waals surface area contributed by atoms with Crippen LogP contribution in [0.4, 0.5) is 0 Å². The van der Waals surface area contributed by atoms with Gasteiger partial charge in [-0.15, -0.1) is 0 Å². The standard InChI is InChI=1S/C12H13NO/c1-14-12-7-10-5-3-2-4-9(10)6-11(12)8-13/h2-7H,8,13H2,1H3. The first-order valence-corrected chi connectivity index (χ1v) is 4.61. The van der Waals surface area contributed by atoms with E-state index < -0.39 is 0 Å². The van der Waals surface area contributed by atoms with Crippen molar-refractivity contribution in [1.82, 2.24) is 0 Å². The van der Waals surface area contributed by atoms with Crippen LogP contribution in [0.2, 0.25) is 0 Å². The zero-order valence-electron chi connectivity index (χ0n) is 8.16. The molecule has 0 amide bonds. The summed E-state index contributed by atoms with van der Waals surface area (Å²) in [5.74, 6) is 0.867. The first-order valence-electron chi connectivity index (χ1n) is 4.61. The van der Waals surface area contributed by atoms with Crippen molar-refractivity contribution in [2.75, 3.05) is 7.11 Å². The van der Waals surface area contributed by atoms with E-state index in [9.17, 15) is 0 Å². The Bertz CT molecular complexity index is 409. The Kier molecular flexibility index (Phi) is 2.37. The fraction of sp³-hybridized carbons (Fsp3) is 0.167. The highest BCUT2D eigenvalue weighted by Gasteiger charge is 2.02. The van der Waals surface area contributed by atoms with Gasteiger partial charge in [0.25, 0.3) is 0 Å². The van der Waals surface area contributed by atoms with Gasteiger partial charge in [-0.25, -0.2) is 0 Å². The summed E-state index contributed by atoms with van der Waals surface area (Å²) in [6.07, 6.45) is 0. The molecule has 0 bridgehead atoms. The molecule has 2 aromatic rings. The lowest BCUT2D eigenvalue weighted by molar-refractivity contribution is 0.410. The first kappa shape index (κ1) is 9.03. The Morgan fingerprint density at radius 1 is 1.14 bits per heavy atom. The molecule has 0 aliphatic rings. The summed E-state index contributed by atoms with van der Waals surface area (Å²) in [7, 11) is 1.67. The van der Waals surface area contributed by atoms with Gasteiger partial charge in [0.15, 0.2) is 0 Å². The number of methoxy groups -OCH3 is 1. The molecule has 0 radical (unpaired) electrons. The van der Waals surface area contributed by atoms with Crippen LogP contribution in [-0.4, -0.2) is 7.11 Å². The summed E-state index contributed by atoms with van der Waals surface area (Å²) < 4.78 is 5.26. The minimum Gasteiger partial charge on any atom is -0.496 e. The molecule has 2 N–H and O–H groups in total. The van der Waals surface area contributed by atoms with Gasteiger partial charge < -0.3 is 10.5 Å². The monoisotopic (exact) mass is 187 g/mol. The normalized spacial score (nSPS) is 10.4. The van der Waals surface area contributed by atoms with Crippen LogP contribution in [0, 0.1) is 0 Å². The molecule has 0 aromatic heterocycles. The Labute approximate surface area is 83.3 Å². The van der Waals surface area contributed by atoms with Crippen LogP contribution in [0.1, 0.15) is 5.56 Å². The van der Waals surface area contributed by atoms with Crippen molar-refractivity contribution in [1.29, 1.82) is 0 Å². The average Bonchev–Trinajstić information content (AvgIpc) is 2.27. The molecule has 0 saturated carbocycles. The summed E-state index contributed by atoms with van der Waals surface area (Å²) in [6.45, 7) is 0.508. The molecule has 2 aromatic carbocycles. The van der Waals surface area contributed by atoms with Gasteiger partial charge in [0.2, 0.25) is 0 Å². The topological polar surface area (TPSA) is 35.2 Å². The van der Waals surface area contributed by atoms with Gasteiger partial charge in [0.1, 0.15) is 5.75 Å². The number of hydrogen-bond acceptors (Lipinski definition) is 2. The lowest BCUT2D eigenvalue weighted by Gasteiger charge is -2.08. The maximum atomic E-state index is 5.64. The Balaban J connectivity index is 2.69. The van der Waals surface area contributed by atoms with Crippen LogP contribution in [0.25, 0.3) is 10.8 Å². The van der Waals surface area contributed by atoms with Crippen LogP contribution < -0.4 is 10.5 Å². The van der Waals surface area contributed by atoms with Crippen molar-refractivity contribution in [2.45, 2.75) is 6.54 Å². The molecular weight excluding hydrogens is 174 g/mol. The zero-order chi connectivity index (χ0) is 9.97. The maximum Gasteiger partial charge on any atom is 0.123 e. The van der Waals surface area contributed by atoms with Gasteiger partial charge in [-0.1, -0.05) is 24.3 Å². The Morgan fingerprint density at radius 3 is 2.36 bits per heavy atom. The van der Waals surface area contributed by atoms with Crippen LogP contribution in [0.3, 0.4) is 0 Å². The minimum atomic E-state index is 0.508. The quantitative estimate of drug-likeness (QED) is 0.783. The van der Waals surface area contributed by atoms with Crippen molar-refractivity contribution in [3.63, 3.8) is 0 Å². The molecule has 0 fully saturated rings. The number of nitrogens with two attached hydrogens (primary N) is 1. The van der Waals surface area contributed by atoms with Gasteiger partial charge in [-0.05, 0) is 22.9 Å². The van der Waals surface area contributed by atoms with E-state index in [-0.39, 0.29) is 0 Å². The van der Waals surface area contributed by atoms with E-state index >= 15 is 0 Å². The molecule has 2 heteroatoms. The molecule has 0 saturated heterocycles. The Morgan fingerprint density at radius 2 is 1.79 bits per heavy atom. The minimum absolute atomic E-state index is 0.508. The second kappa shape index (κ2) is 3.68. The second-order valence-corrected chi connectivity index (χ2v) is 3.22. The fourth-order valence-electron chi connectivity index (χ4n) is 1.62. The molecule has 72 valence electrons. The SMILES string of the molecule is COc1cc2ccccc2cc1CN. The predicted octanol–water partition coefficient (Wildman–Crippen LogP) is 2.31. The number of fused-ring (bicyclic) bond motifs is 1. The van der Waals surface area contributed by atoms with Gasteiger partial charge in [-0.3, -0.25) is 0 Å². The fourth-order valence-corrected chi connectivity index (χ4v) is 1.62. The largest absolute Gasteiger partial charge is 0.496 e. The van der Waals surface area contributed by atoms with E-state index in [0.29, 0.717) is 6.54 Å². The molecular formula is C12H13NO. The lowest BCUT2D eigenvalue weighted by atomic mass is 10.1. The van der Waals surface area contributed by atoms with Crippen LogP contribution in [-0.2, 0) is 6.54 Å². The summed E-state index contributed by atoms with van der Waals surface area (Å²) in [5, 5.41) is 2.38. The van der Waals surface area contributed by atoms with Crippen LogP contribution in [0.5, 0.6) is 5.75 Å². The Hall–Kier alpha value is -1.54. The molecule has 0 unspecified atom stereocenters. The second-order valence-electron chi connectivity index (χ2n) is 3.22. The summed E-state index contributed by atoms with van der Waals surface area (Å²) >= 11 is 0. The maximum absolute atomic E-state index is 5.64. The van der Waals surface area contributed by atoms with Crippen molar-refractivity contribution < 1.29 is 4.74 Å². The lowest BCUT2D eigenvalue weighted by Crippen LogP contribution is -1.99. The smallest absolute Gasteiger partial charge is 0.123 e. The van der Waals surface area contributed by atoms with Gasteiger partial charge >= 0.3 is 0 Å². The molecule has 2 rings (SSSR count). The summed E-state index contributed by atoms with van der Waals surface area (Å²) in [5.41, 5.74) is 6.68. The van der Waals surface area contributed by atoms with Crippen LogP contribution >= 0.6 is 0 Å². The highest BCUT2D eigenvalue weighted by Crippen LogP contribution is 2.25. The van der Waals surface area contributed by atoms with Crippen LogP contribution in [0.15, 0.2) is 36.4 Å². The molecule has 14 heavy (non-hydrogen) atoms. The number of hydrogen-bond donors (Lipinski definition) is 1. The molecule has 0 atom stereocenters. The zero-order valence-corrected chi connectivity index (χ0v) is 8.16. The average molecular weight is 187 g/mol. The van der Waals surface area contributed by atoms with Crippen molar-refractivity contribution in [2.24, 2.45) is 5.73 Å². The predicted molar refractivity (Wildman–Crippen MR) is 58.4 cm³/mol. The van der Waals surface area contributed by atoms with Gasteiger partial charge in [-0.2, -0.15) is 0 Å². The molecule has 2 nitrogen and oxygen atoms in total. The van der Waals surface area contributed by atoms with Crippen molar-refractivity contribution in [3.8, 4) is 5.75 Å². The third-order valence-electron chi connectivity index (χ3n) is 2.37. The van der Waals surface area contributed by atoms with Crippen molar-refractivity contribution >= 4 is 10.8 Å². The van der Waals surface area contributed by atoms with E-state index in [2.05, 4.69) is 18.2 Å². The molecule has 0 aliphatic heterocycles. The number of rotatable bonds is 2. The molecule has 0 aliphatic carbocycles. The number of ether oxygens (including phenoxy) is 1. The van der Waals surface area contributed by atoms with Gasteiger partial charge in [0, 0.05) is 12.1 Å². The van der Waals surface area contributed by atoms with E-state index in [1.54, 1.807) is 7.11 Å². The summed E-state index contributed by atoms with van der Waals surface area (Å²) in [4.78, 5) is 0. The van der Waals surface area contributed by atoms with Crippen molar-refractivity contribution in [3.05, 3.63) is 42.0 Å².